The molecule has 1 aliphatic heterocycles. The van der Waals surface area contributed by atoms with Crippen molar-refractivity contribution < 1.29 is 28.6 Å². The Morgan fingerprint density at radius 2 is 1.76 bits per heavy atom. The van der Waals surface area contributed by atoms with Gasteiger partial charge in [0.1, 0.15) is 6.04 Å². The van der Waals surface area contributed by atoms with Gasteiger partial charge in [-0.3, -0.25) is 9.69 Å². The topological polar surface area (TPSA) is 94.2 Å². The van der Waals surface area contributed by atoms with Crippen LogP contribution in [0.1, 0.15) is 25.5 Å². The second-order valence-electron chi connectivity index (χ2n) is 5.37. The molecule has 1 atom stereocenters. The minimum absolute atomic E-state index is 0.171. The standard InChI is InChI=1S/C17H20N2O6/c1-9-14(16(21)25-5)15(19(10(2)20)17(22)18-9)11-6-7-12(23-3)13(8-11)24-4/h6-8,15H,1-5H3,(H,18,22). The normalized spacial score (nSPS) is 17.1. The van der Waals surface area contributed by atoms with Crippen molar-refractivity contribution in [2.24, 2.45) is 0 Å². The molecule has 134 valence electrons. The lowest BCUT2D eigenvalue weighted by atomic mass is 9.93. The van der Waals surface area contributed by atoms with Gasteiger partial charge in [-0.15, -0.1) is 0 Å². The van der Waals surface area contributed by atoms with E-state index in [-0.39, 0.29) is 5.57 Å². The predicted octanol–water partition coefficient (Wildman–Crippen LogP) is 1.76. The number of urea groups is 1. The Morgan fingerprint density at radius 1 is 1.12 bits per heavy atom. The predicted molar refractivity (Wildman–Crippen MR) is 88.1 cm³/mol. The van der Waals surface area contributed by atoms with Gasteiger partial charge in [0.2, 0.25) is 5.91 Å². The molecule has 1 N–H and O–H groups in total. The lowest BCUT2D eigenvalue weighted by Gasteiger charge is -2.35. The molecule has 0 spiro atoms. The molecule has 1 aromatic rings. The third-order valence-corrected chi connectivity index (χ3v) is 3.92. The second-order valence-corrected chi connectivity index (χ2v) is 5.37. The first kappa shape index (κ1) is 18.3. The van der Waals surface area contributed by atoms with E-state index in [2.05, 4.69) is 5.32 Å². The minimum atomic E-state index is -0.932. The van der Waals surface area contributed by atoms with E-state index in [4.69, 9.17) is 14.2 Å². The van der Waals surface area contributed by atoms with E-state index in [0.717, 1.165) is 4.90 Å². The summed E-state index contributed by atoms with van der Waals surface area (Å²) in [4.78, 5) is 37.6. The summed E-state index contributed by atoms with van der Waals surface area (Å²) in [5.74, 6) is -0.243. The van der Waals surface area contributed by atoms with E-state index < -0.39 is 23.9 Å². The fourth-order valence-corrected chi connectivity index (χ4v) is 2.78. The molecule has 0 fully saturated rings. The number of rotatable bonds is 4. The van der Waals surface area contributed by atoms with Crippen LogP contribution in [0.2, 0.25) is 0 Å². The van der Waals surface area contributed by atoms with Gasteiger partial charge in [-0.2, -0.15) is 0 Å². The second kappa shape index (κ2) is 7.25. The van der Waals surface area contributed by atoms with Crippen LogP contribution in [0.25, 0.3) is 0 Å². The van der Waals surface area contributed by atoms with Crippen molar-refractivity contribution in [1.82, 2.24) is 10.2 Å². The Labute approximate surface area is 145 Å². The number of esters is 1. The Morgan fingerprint density at radius 3 is 2.28 bits per heavy atom. The Bertz CT molecular complexity index is 756. The largest absolute Gasteiger partial charge is 0.493 e. The molecule has 8 heteroatoms. The first-order chi connectivity index (χ1) is 11.8. The van der Waals surface area contributed by atoms with Crippen LogP contribution in [0, 0.1) is 0 Å². The number of nitrogens with one attached hydrogen (secondary N) is 1. The van der Waals surface area contributed by atoms with E-state index in [1.807, 2.05) is 0 Å². The van der Waals surface area contributed by atoms with Gasteiger partial charge in [0, 0.05) is 12.6 Å². The summed E-state index contributed by atoms with van der Waals surface area (Å²) in [6.45, 7) is 2.83. The summed E-state index contributed by atoms with van der Waals surface area (Å²) >= 11 is 0. The number of hydrogen-bond acceptors (Lipinski definition) is 6. The number of carbonyl (C=O) groups excluding carboxylic acids is 3. The third kappa shape index (κ3) is 3.28. The fraction of sp³-hybridized carbons (Fsp3) is 0.353. The minimum Gasteiger partial charge on any atom is -0.493 e. The smallest absolute Gasteiger partial charge is 0.337 e. The monoisotopic (exact) mass is 348 g/mol. The van der Waals surface area contributed by atoms with Gasteiger partial charge in [0.25, 0.3) is 0 Å². The van der Waals surface area contributed by atoms with Gasteiger partial charge in [-0.05, 0) is 24.6 Å². The summed E-state index contributed by atoms with van der Waals surface area (Å²) in [6.07, 6.45) is 0. The lowest BCUT2D eigenvalue weighted by molar-refractivity contribution is -0.137. The van der Waals surface area contributed by atoms with Crippen molar-refractivity contribution >= 4 is 17.9 Å². The molecule has 1 heterocycles. The quantitative estimate of drug-likeness (QED) is 0.834. The Balaban J connectivity index is 2.69. The molecule has 0 saturated carbocycles. The Kier molecular flexibility index (Phi) is 5.31. The number of benzene rings is 1. The number of imide groups is 1. The van der Waals surface area contributed by atoms with Gasteiger partial charge < -0.3 is 19.5 Å². The number of amides is 3. The van der Waals surface area contributed by atoms with Crippen LogP contribution in [0.5, 0.6) is 11.5 Å². The van der Waals surface area contributed by atoms with Gasteiger partial charge in [0.05, 0.1) is 26.9 Å². The highest BCUT2D eigenvalue weighted by atomic mass is 16.5. The summed E-state index contributed by atoms with van der Waals surface area (Å²) in [7, 11) is 4.21. The summed E-state index contributed by atoms with van der Waals surface area (Å²) in [6, 6.07) is 3.38. The van der Waals surface area contributed by atoms with Gasteiger partial charge in [-0.1, -0.05) is 6.07 Å². The zero-order valence-electron chi connectivity index (χ0n) is 14.7. The molecule has 0 aromatic heterocycles. The molecule has 3 amide bonds. The molecule has 0 aliphatic carbocycles. The molecule has 1 aliphatic rings. The molecule has 0 bridgehead atoms. The number of nitrogens with zero attached hydrogens (tertiary/aromatic N) is 1. The van der Waals surface area contributed by atoms with Crippen LogP contribution in [0.15, 0.2) is 29.5 Å². The average Bonchev–Trinajstić information content (AvgIpc) is 2.59. The maximum Gasteiger partial charge on any atom is 0.337 e. The first-order valence-corrected chi connectivity index (χ1v) is 7.47. The van der Waals surface area contributed by atoms with E-state index >= 15 is 0 Å². The van der Waals surface area contributed by atoms with E-state index in [0.29, 0.717) is 22.8 Å². The molecular formula is C17H20N2O6. The van der Waals surface area contributed by atoms with Crippen molar-refractivity contribution in [3.05, 3.63) is 35.0 Å². The number of hydrogen-bond donors (Lipinski definition) is 1. The third-order valence-electron chi connectivity index (χ3n) is 3.92. The van der Waals surface area contributed by atoms with Crippen LogP contribution in [0.3, 0.4) is 0 Å². The molecule has 2 rings (SSSR count). The molecule has 0 saturated heterocycles. The molecule has 8 nitrogen and oxygen atoms in total. The first-order valence-electron chi connectivity index (χ1n) is 7.47. The number of allylic oxidation sites excluding steroid dienone is 1. The van der Waals surface area contributed by atoms with Crippen molar-refractivity contribution in [2.45, 2.75) is 19.9 Å². The molecular weight excluding hydrogens is 328 g/mol. The van der Waals surface area contributed by atoms with Gasteiger partial charge in [0.15, 0.2) is 11.5 Å². The highest BCUT2D eigenvalue weighted by Gasteiger charge is 2.40. The summed E-state index contributed by atoms with van der Waals surface area (Å²) < 4.78 is 15.3. The highest BCUT2D eigenvalue weighted by Crippen LogP contribution is 2.38. The molecule has 1 aromatic carbocycles. The van der Waals surface area contributed by atoms with E-state index in [1.54, 1.807) is 25.1 Å². The van der Waals surface area contributed by atoms with Crippen LogP contribution in [0.4, 0.5) is 4.79 Å². The number of ether oxygens (including phenoxy) is 3. The highest BCUT2D eigenvalue weighted by molar-refractivity contribution is 6.01. The van der Waals surface area contributed by atoms with Crippen molar-refractivity contribution in [3.8, 4) is 11.5 Å². The Hall–Kier alpha value is -3.03. The van der Waals surface area contributed by atoms with Gasteiger partial charge in [-0.25, -0.2) is 9.59 Å². The fourth-order valence-electron chi connectivity index (χ4n) is 2.78. The van der Waals surface area contributed by atoms with Crippen LogP contribution in [-0.4, -0.2) is 44.1 Å². The van der Waals surface area contributed by atoms with Crippen molar-refractivity contribution in [1.29, 1.82) is 0 Å². The van der Waals surface area contributed by atoms with Crippen molar-refractivity contribution in [3.63, 3.8) is 0 Å². The van der Waals surface area contributed by atoms with Crippen LogP contribution < -0.4 is 14.8 Å². The molecule has 0 radical (unpaired) electrons. The molecule has 1 unspecified atom stereocenters. The lowest BCUT2D eigenvalue weighted by Crippen LogP contribution is -2.50. The number of carbonyl (C=O) groups is 3. The summed E-state index contributed by atoms with van der Waals surface area (Å²) in [5.41, 5.74) is 1.01. The van der Waals surface area contributed by atoms with Crippen molar-refractivity contribution in [2.75, 3.05) is 21.3 Å². The zero-order valence-corrected chi connectivity index (χ0v) is 14.7. The maximum atomic E-state index is 12.3. The zero-order chi connectivity index (χ0) is 18.7. The van der Waals surface area contributed by atoms with E-state index in [9.17, 15) is 14.4 Å². The molecule has 25 heavy (non-hydrogen) atoms. The average molecular weight is 348 g/mol. The SMILES string of the molecule is COC(=O)C1=C(C)NC(=O)N(C(C)=O)C1c1ccc(OC)c(OC)c1. The number of methoxy groups -OCH3 is 3. The van der Waals surface area contributed by atoms with E-state index in [1.165, 1.54) is 28.3 Å². The summed E-state index contributed by atoms with van der Waals surface area (Å²) in [5, 5.41) is 2.52. The van der Waals surface area contributed by atoms with Crippen LogP contribution in [-0.2, 0) is 14.3 Å². The van der Waals surface area contributed by atoms with Crippen LogP contribution >= 0.6 is 0 Å². The van der Waals surface area contributed by atoms with Gasteiger partial charge >= 0.3 is 12.0 Å². The maximum absolute atomic E-state index is 12.3.